The first-order valence-electron chi connectivity index (χ1n) is 6.31. The number of carbonyl (C=O) groups is 1. The zero-order valence-electron chi connectivity index (χ0n) is 11.4. The molecule has 1 aromatic rings. The summed E-state index contributed by atoms with van der Waals surface area (Å²) in [7, 11) is 0. The first kappa shape index (κ1) is 13.6. The van der Waals surface area contributed by atoms with Gasteiger partial charge in [0.2, 0.25) is 5.79 Å². The van der Waals surface area contributed by atoms with E-state index in [0.29, 0.717) is 13.2 Å². The second-order valence-electron chi connectivity index (χ2n) is 4.74. The molecule has 4 nitrogen and oxygen atoms in total. The number of esters is 1. The Balaban J connectivity index is 2.12. The minimum atomic E-state index is -0.588. The summed E-state index contributed by atoms with van der Waals surface area (Å²) in [5.41, 5.74) is 1.89. The first-order chi connectivity index (χ1) is 9.00. The zero-order chi connectivity index (χ0) is 13.9. The van der Waals surface area contributed by atoms with Gasteiger partial charge in [0, 0.05) is 25.5 Å². The minimum Gasteiger partial charge on any atom is -0.463 e. The molecule has 0 amide bonds. The van der Waals surface area contributed by atoms with Gasteiger partial charge >= 0.3 is 5.97 Å². The van der Waals surface area contributed by atoms with Crippen LogP contribution in [0.4, 0.5) is 0 Å². The lowest BCUT2D eigenvalue weighted by Crippen LogP contribution is -2.35. The summed E-state index contributed by atoms with van der Waals surface area (Å²) in [6, 6.07) is 5.74. The number of hydrogen-bond donors (Lipinski definition) is 0. The molecule has 0 unspecified atom stereocenters. The van der Waals surface area contributed by atoms with Crippen LogP contribution < -0.4 is 4.74 Å². The molecule has 4 heteroatoms. The van der Waals surface area contributed by atoms with Gasteiger partial charge in [-0.3, -0.25) is 0 Å². The molecular weight excluding hydrogens is 244 g/mol. The van der Waals surface area contributed by atoms with Crippen molar-refractivity contribution in [3.05, 3.63) is 35.4 Å². The standard InChI is InChI=1S/C15H18O4/c1-4-17-14(16)8-6-11-5-7-13-12(9-11)10-18-15(2,3)19-13/h5-9H,4,10H2,1-3H3. The van der Waals surface area contributed by atoms with Crippen LogP contribution in [0.25, 0.3) is 6.08 Å². The monoisotopic (exact) mass is 262 g/mol. The summed E-state index contributed by atoms with van der Waals surface area (Å²) in [6.07, 6.45) is 3.14. The topological polar surface area (TPSA) is 44.8 Å². The third-order valence-corrected chi connectivity index (χ3v) is 2.71. The summed E-state index contributed by atoms with van der Waals surface area (Å²) < 4.78 is 16.1. The number of fused-ring (bicyclic) bond motifs is 1. The van der Waals surface area contributed by atoms with Gasteiger partial charge in [0.15, 0.2) is 0 Å². The molecule has 1 aromatic carbocycles. The smallest absolute Gasteiger partial charge is 0.330 e. The van der Waals surface area contributed by atoms with E-state index in [1.807, 2.05) is 32.0 Å². The quantitative estimate of drug-likeness (QED) is 0.620. The Bertz CT molecular complexity index is 503. The van der Waals surface area contributed by atoms with Crippen LogP contribution in [-0.2, 0) is 20.9 Å². The highest BCUT2D eigenvalue weighted by Gasteiger charge is 2.26. The molecule has 0 aliphatic carbocycles. The normalized spacial score (nSPS) is 16.8. The fourth-order valence-corrected chi connectivity index (χ4v) is 1.82. The van der Waals surface area contributed by atoms with E-state index in [0.717, 1.165) is 16.9 Å². The fraction of sp³-hybridized carbons (Fsp3) is 0.400. The van der Waals surface area contributed by atoms with Crippen LogP contribution in [0, 0.1) is 0 Å². The van der Waals surface area contributed by atoms with Crippen molar-refractivity contribution in [2.45, 2.75) is 33.2 Å². The second kappa shape index (κ2) is 5.45. The van der Waals surface area contributed by atoms with Crippen LogP contribution in [-0.4, -0.2) is 18.4 Å². The van der Waals surface area contributed by atoms with Crippen LogP contribution in [0.1, 0.15) is 31.9 Å². The van der Waals surface area contributed by atoms with Gasteiger partial charge in [-0.05, 0) is 30.7 Å². The highest BCUT2D eigenvalue weighted by Crippen LogP contribution is 2.31. The van der Waals surface area contributed by atoms with Gasteiger partial charge in [-0.25, -0.2) is 4.79 Å². The van der Waals surface area contributed by atoms with Crippen molar-refractivity contribution in [2.24, 2.45) is 0 Å². The van der Waals surface area contributed by atoms with Crippen molar-refractivity contribution in [1.82, 2.24) is 0 Å². The van der Waals surface area contributed by atoms with Gasteiger partial charge in [-0.2, -0.15) is 0 Å². The third-order valence-electron chi connectivity index (χ3n) is 2.71. The Morgan fingerprint density at radius 1 is 1.47 bits per heavy atom. The Labute approximate surface area is 113 Å². The summed E-state index contributed by atoms with van der Waals surface area (Å²) in [4.78, 5) is 11.2. The maximum Gasteiger partial charge on any atom is 0.330 e. The molecule has 2 rings (SSSR count). The lowest BCUT2D eigenvalue weighted by molar-refractivity contribution is -0.180. The molecule has 0 bridgehead atoms. The average Bonchev–Trinajstić information content (AvgIpc) is 2.36. The number of hydrogen-bond acceptors (Lipinski definition) is 4. The predicted molar refractivity (Wildman–Crippen MR) is 71.6 cm³/mol. The molecule has 1 aliphatic heterocycles. The van der Waals surface area contributed by atoms with Gasteiger partial charge in [0.25, 0.3) is 0 Å². The van der Waals surface area contributed by atoms with Gasteiger partial charge in [0.1, 0.15) is 5.75 Å². The van der Waals surface area contributed by atoms with E-state index in [4.69, 9.17) is 14.2 Å². The highest BCUT2D eigenvalue weighted by atomic mass is 16.7. The van der Waals surface area contributed by atoms with Crippen molar-refractivity contribution in [3.8, 4) is 5.75 Å². The van der Waals surface area contributed by atoms with Crippen LogP contribution >= 0.6 is 0 Å². The average molecular weight is 262 g/mol. The van der Waals surface area contributed by atoms with Gasteiger partial charge < -0.3 is 14.2 Å². The lowest BCUT2D eigenvalue weighted by Gasteiger charge is -2.32. The van der Waals surface area contributed by atoms with E-state index in [9.17, 15) is 4.79 Å². The molecule has 1 heterocycles. The first-order valence-corrected chi connectivity index (χ1v) is 6.31. The second-order valence-corrected chi connectivity index (χ2v) is 4.74. The molecule has 0 saturated carbocycles. The summed E-state index contributed by atoms with van der Waals surface area (Å²) in [5.74, 6) is -0.103. The Morgan fingerprint density at radius 2 is 2.26 bits per heavy atom. The van der Waals surface area contributed by atoms with E-state index >= 15 is 0 Å². The molecule has 0 N–H and O–H groups in total. The number of rotatable bonds is 3. The molecule has 19 heavy (non-hydrogen) atoms. The Kier molecular flexibility index (Phi) is 3.90. The zero-order valence-corrected chi connectivity index (χ0v) is 11.4. The predicted octanol–water partition coefficient (Wildman–Crippen LogP) is 2.91. The van der Waals surface area contributed by atoms with Crippen molar-refractivity contribution >= 4 is 12.0 Å². The van der Waals surface area contributed by atoms with Crippen molar-refractivity contribution < 1.29 is 19.0 Å². The van der Waals surface area contributed by atoms with Gasteiger partial charge in [-0.15, -0.1) is 0 Å². The molecule has 0 fully saturated rings. The summed E-state index contributed by atoms with van der Waals surface area (Å²) >= 11 is 0. The molecular formula is C15H18O4. The Hall–Kier alpha value is -1.81. The van der Waals surface area contributed by atoms with E-state index in [1.54, 1.807) is 13.0 Å². The van der Waals surface area contributed by atoms with Crippen LogP contribution in [0.3, 0.4) is 0 Å². The summed E-state index contributed by atoms with van der Waals surface area (Å²) in [5, 5.41) is 0. The maximum atomic E-state index is 11.2. The lowest BCUT2D eigenvalue weighted by atomic mass is 10.1. The van der Waals surface area contributed by atoms with E-state index < -0.39 is 5.79 Å². The van der Waals surface area contributed by atoms with E-state index in [-0.39, 0.29) is 5.97 Å². The molecule has 0 aromatic heterocycles. The van der Waals surface area contributed by atoms with Gasteiger partial charge in [0.05, 0.1) is 13.2 Å². The molecule has 1 aliphatic rings. The number of ether oxygens (including phenoxy) is 3. The van der Waals surface area contributed by atoms with E-state index in [1.165, 1.54) is 6.08 Å². The van der Waals surface area contributed by atoms with Crippen LogP contribution in [0.2, 0.25) is 0 Å². The molecule has 0 saturated heterocycles. The summed E-state index contributed by atoms with van der Waals surface area (Å²) in [6.45, 7) is 6.42. The number of benzene rings is 1. The Morgan fingerprint density at radius 3 is 3.00 bits per heavy atom. The molecule has 102 valence electrons. The van der Waals surface area contributed by atoms with Crippen molar-refractivity contribution in [3.63, 3.8) is 0 Å². The van der Waals surface area contributed by atoms with Gasteiger partial charge in [-0.1, -0.05) is 6.07 Å². The molecule has 0 spiro atoms. The molecule has 0 radical (unpaired) electrons. The van der Waals surface area contributed by atoms with Crippen molar-refractivity contribution in [1.29, 1.82) is 0 Å². The molecule has 0 atom stereocenters. The maximum absolute atomic E-state index is 11.2. The van der Waals surface area contributed by atoms with Crippen molar-refractivity contribution in [2.75, 3.05) is 6.61 Å². The minimum absolute atomic E-state index is 0.339. The highest BCUT2D eigenvalue weighted by molar-refractivity contribution is 5.87. The third kappa shape index (κ3) is 3.58. The van der Waals surface area contributed by atoms with Crippen LogP contribution in [0.15, 0.2) is 24.3 Å². The SMILES string of the molecule is CCOC(=O)C=Cc1ccc2c(c1)COC(C)(C)O2. The fourth-order valence-electron chi connectivity index (χ4n) is 1.82. The van der Waals surface area contributed by atoms with Crippen LogP contribution in [0.5, 0.6) is 5.75 Å². The van der Waals surface area contributed by atoms with E-state index in [2.05, 4.69) is 0 Å². The number of carbonyl (C=O) groups excluding carboxylic acids is 1. The largest absolute Gasteiger partial charge is 0.463 e.